The van der Waals surface area contributed by atoms with Crippen molar-refractivity contribution in [2.45, 2.75) is 46.1 Å². The van der Waals surface area contributed by atoms with Crippen LogP contribution in [0.2, 0.25) is 0 Å². The van der Waals surface area contributed by atoms with E-state index in [1.807, 2.05) is 43.3 Å². The lowest BCUT2D eigenvalue weighted by Crippen LogP contribution is -2.07. The molecule has 0 aliphatic carbocycles. The zero-order valence-electron chi connectivity index (χ0n) is 20.9. The lowest BCUT2D eigenvalue weighted by Gasteiger charge is -2.11. The van der Waals surface area contributed by atoms with Gasteiger partial charge >= 0.3 is 11.9 Å². The Labute approximate surface area is 211 Å². The number of ether oxygens (including phenoxy) is 3. The van der Waals surface area contributed by atoms with Gasteiger partial charge in [0.25, 0.3) is 0 Å². The number of imidazole rings is 1. The summed E-state index contributed by atoms with van der Waals surface area (Å²) in [6.07, 6.45) is 2.02. The molecule has 0 radical (unpaired) electrons. The van der Waals surface area contributed by atoms with Gasteiger partial charge in [-0.3, -0.25) is 9.59 Å². The molecule has 4 aromatic rings. The summed E-state index contributed by atoms with van der Waals surface area (Å²) in [7, 11) is 0. The van der Waals surface area contributed by atoms with Crippen molar-refractivity contribution in [3.63, 3.8) is 0 Å². The molecule has 7 heteroatoms. The summed E-state index contributed by atoms with van der Waals surface area (Å²) in [5, 5.41) is 2.14. The van der Waals surface area contributed by atoms with E-state index in [4.69, 9.17) is 19.2 Å². The maximum absolute atomic E-state index is 11.8. The fraction of sp³-hybridized carbons (Fsp3) is 0.345. The molecule has 0 N–H and O–H groups in total. The number of para-hydroxylation sites is 2. The topological polar surface area (TPSA) is 79.7 Å². The molecule has 0 aliphatic heterocycles. The van der Waals surface area contributed by atoms with Crippen LogP contribution in [0.25, 0.3) is 33.2 Å². The van der Waals surface area contributed by atoms with E-state index in [0.717, 1.165) is 38.9 Å². The van der Waals surface area contributed by atoms with Crippen LogP contribution in [0.5, 0.6) is 5.75 Å². The number of fused-ring (bicyclic) bond motifs is 2. The monoisotopic (exact) mass is 488 g/mol. The van der Waals surface area contributed by atoms with Crippen molar-refractivity contribution in [1.29, 1.82) is 0 Å². The number of hydrogen-bond donors (Lipinski definition) is 0. The maximum Gasteiger partial charge on any atom is 0.305 e. The molecule has 0 amide bonds. The summed E-state index contributed by atoms with van der Waals surface area (Å²) in [6, 6.07) is 20.3. The van der Waals surface area contributed by atoms with Crippen molar-refractivity contribution in [1.82, 2.24) is 9.55 Å². The van der Waals surface area contributed by atoms with Crippen molar-refractivity contribution in [2.24, 2.45) is 0 Å². The standard InChI is InChI=1S/C29H32N2O5/c1-3-34-27(32)11-7-17-31-26-10-6-5-9-25(26)30-29(31)23-14-13-22-20-24(16-15-21(22)19-23)36-18-8-12-28(33)35-4-2/h5-6,9-10,13-16,19-20H,3-4,7-8,11-12,17-18H2,1-2H3. The first-order valence-corrected chi connectivity index (χ1v) is 12.5. The zero-order valence-corrected chi connectivity index (χ0v) is 20.9. The smallest absolute Gasteiger partial charge is 0.305 e. The predicted octanol–water partition coefficient (Wildman–Crippen LogP) is 5.92. The van der Waals surface area contributed by atoms with Crippen LogP contribution in [0.3, 0.4) is 0 Å². The quantitative estimate of drug-likeness (QED) is 0.182. The summed E-state index contributed by atoms with van der Waals surface area (Å²) < 4.78 is 18.0. The molecule has 0 saturated carbocycles. The molecular weight excluding hydrogens is 456 g/mol. The largest absolute Gasteiger partial charge is 0.494 e. The number of carbonyl (C=O) groups is 2. The molecular formula is C29H32N2O5. The van der Waals surface area contributed by atoms with Crippen molar-refractivity contribution >= 4 is 33.7 Å². The summed E-state index contributed by atoms with van der Waals surface area (Å²) in [5.74, 6) is 1.28. The van der Waals surface area contributed by atoms with Crippen LogP contribution in [0, 0.1) is 0 Å². The Balaban J connectivity index is 1.51. The van der Waals surface area contributed by atoms with Gasteiger partial charge in [-0.25, -0.2) is 4.98 Å². The fourth-order valence-corrected chi connectivity index (χ4v) is 4.23. The van der Waals surface area contributed by atoms with Gasteiger partial charge in [0.15, 0.2) is 0 Å². The van der Waals surface area contributed by atoms with E-state index in [1.54, 1.807) is 6.92 Å². The predicted molar refractivity (Wildman–Crippen MR) is 140 cm³/mol. The first-order valence-electron chi connectivity index (χ1n) is 12.5. The summed E-state index contributed by atoms with van der Waals surface area (Å²) in [5.41, 5.74) is 2.98. The van der Waals surface area contributed by atoms with Crippen LogP contribution in [0.15, 0.2) is 60.7 Å². The summed E-state index contributed by atoms with van der Waals surface area (Å²) in [6.45, 7) is 5.55. The molecule has 36 heavy (non-hydrogen) atoms. The average molecular weight is 489 g/mol. The summed E-state index contributed by atoms with van der Waals surface area (Å²) in [4.78, 5) is 28.2. The SMILES string of the molecule is CCOC(=O)CCCOc1ccc2cc(-c3nc4ccccc4n3CCCC(=O)OCC)ccc2c1. The third kappa shape index (κ3) is 6.22. The van der Waals surface area contributed by atoms with Gasteiger partial charge in [0, 0.05) is 24.9 Å². The Bertz CT molecular complexity index is 1340. The van der Waals surface area contributed by atoms with Gasteiger partial charge in [-0.15, -0.1) is 0 Å². The van der Waals surface area contributed by atoms with Gasteiger partial charge in [-0.1, -0.05) is 30.3 Å². The molecule has 0 aliphatic rings. The van der Waals surface area contributed by atoms with Gasteiger partial charge in [0.05, 0.1) is 30.9 Å². The zero-order chi connectivity index (χ0) is 25.3. The van der Waals surface area contributed by atoms with Crippen molar-refractivity contribution in [3.8, 4) is 17.1 Å². The fourth-order valence-electron chi connectivity index (χ4n) is 4.23. The first-order chi connectivity index (χ1) is 17.6. The van der Waals surface area contributed by atoms with Crippen molar-refractivity contribution in [2.75, 3.05) is 19.8 Å². The summed E-state index contributed by atoms with van der Waals surface area (Å²) >= 11 is 0. The van der Waals surface area contributed by atoms with Crippen molar-refractivity contribution in [3.05, 3.63) is 60.7 Å². The number of aryl methyl sites for hydroxylation is 1. The molecule has 0 saturated heterocycles. The minimum absolute atomic E-state index is 0.173. The Morgan fingerprint density at radius 3 is 2.31 bits per heavy atom. The van der Waals surface area contributed by atoms with Gasteiger partial charge < -0.3 is 18.8 Å². The maximum atomic E-state index is 11.8. The second-order valence-corrected chi connectivity index (χ2v) is 8.47. The molecule has 0 unspecified atom stereocenters. The lowest BCUT2D eigenvalue weighted by molar-refractivity contribution is -0.144. The lowest BCUT2D eigenvalue weighted by atomic mass is 10.1. The normalized spacial score (nSPS) is 11.1. The number of aromatic nitrogens is 2. The number of hydrogen-bond acceptors (Lipinski definition) is 6. The second-order valence-electron chi connectivity index (χ2n) is 8.47. The van der Waals surface area contributed by atoms with Crippen LogP contribution in [0.4, 0.5) is 0 Å². The third-order valence-corrected chi connectivity index (χ3v) is 5.89. The number of carbonyl (C=O) groups excluding carboxylic acids is 2. The third-order valence-electron chi connectivity index (χ3n) is 5.89. The van der Waals surface area contributed by atoms with E-state index in [0.29, 0.717) is 52.0 Å². The molecule has 1 aromatic heterocycles. The molecule has 1 heterocycles. The van der Waals surface area contributed by atoms with E-state index in [-0.39, 0.29) is 11.9 Å². The Hall–Kier alpha value is -3.87. The van der Waals surface area contributed by atoms with Crippen LogP contribution >= 0.6 is 0 Å². The van der Waals surface area contributed by atoms with E-state index < -0.39 is 0 Å². The van der Waals surface area contributed by atoms with Gasteiger partial charge in [-0.05, 0) is 67.8 Å². The minimum atomic E-state index is -0.195. The Morgan fingerprint density at radius 1 is 0.833 bits per heavy atom. The molecule has 7 nitrogen and oxygen atoms in total. The number of nitrogens with zero attached hydrogens (tertiary/aromatic N) is 2. The van der Waals surface area contributed by atoms with Crippen LogP contribution in [0.1, 0.15) is 39.5 Å². The minimum Gasteiger partial charge on any atom is -0.494 e. The molecule has 0 atom stereocenters. The van der Waals surface area contributed by atoms with Crippen LogP contribution in [-0.4, -0.2) is 41.3 Å². The molecule has 0 bridgehead atoms. The Kier molecular flexibility index (Phi) is 8.55. The van der Waals surface area contributed by atoms with E-state index in [9.17, 15) is 9.59 Å². The molecule has 0 spiro atoms. The molecule has 188 valence electrons. The van der Waals surface area contributed by atoms with Gasteiger partial charge in [0.2, 0.25) is 0 Å². The Morgan fingerprint density at radius 2 is 1.53 bits per heavy atom. The van der Waals surface area contributed by atoms with E-state index in [1.165, 1.54) is 0 Å². The second kappa shape index (κ2) is 12.2. The highest BCUT2D eigenvalue weighted by atomic mass is 16.5. The highest BCUT2D eigenvalue weighted by Gasteiger charge is 2.14. The van der Waals surface area contributed by atoms with Crippen molar-refractivity contribution < 1.29 is 23.8 Å². The van der Waals surface area contributed by atoms with Crippen LogP contribution < -0.4 is 4.74 Å². The number of esters is 2. The van der Waals surface area contributed by atoms with E-state index in [2.05, 4.69) is 28.8 Å². The van der Waals surface area contributed by atoms with E-state index >= 15 is 0 Å². The average Bonchev–Trinajstić information content (AvgIpc) is 3.25. The first kappa shape index (κ1) is 25.2. The molecule has 4 rings (SSSR count). The van der Waals surface area contributed by atoms with Crippen LogP contribution in [-0.2, 0) is 25.6 Å². The highest BCUT2D eigenvalue weighted by molar-refractivity contribution is 5.89. The number of rotatable bonds is 12. The van der Waals surface area contributed by atoms with Gasteiger partial charge in [0.1, 0.15) is 11.6 Å². The molecule has 3 aromatic carbocycles. The van der Waals surface area contributed by atoms with Gasteiger partial charge in [-0.2, -0.15) is 0 Å². The highest BCUT2D eigenvalue weighted by Crippen LogP contribution is 2.29. The molecule has 0 fully saturated rings. The number of benzene rings is 3.